The van der Waals surface area contributed by atoms with Gasteiger partial charge >= 0.3 is 6.09 Å². The third-order valence-electron chi connectivity index (χ3n) is 5.79. The minimum absolute atomic E-state index is 0.260. The second kappa shape index (κ2) is 7.37. The van der Waals surface area contributed by atoms with E-state index in [1.165, 1.54) is 43.2 Å². The number of carbonyl (C=O) groups is 1. The predicted octanol–water partition coefficient (Wildman–Crippen LogP) is 4.89. The zero-order valence-corrected chi connectivity index (χ0v) is 14.4. The quantitative estimate of drug-likeness (QED) is 0.862. The van der Waals surface area contributed by atoms with Gasteiger partial charge in [-0.15, -0.1) is 0 Å². The van der Waals surface area contributed by atoms with Gasteiger partial charge in [0.05, 0.1) is 0 Å². The molecule has 0 radical (unpaired) electrons. The summed E-state index contributed by atoms with van der Waals surface area (Å²) in [7, 11) is 0. The fourth-order valence-corrected chi connectivity index (χ4v) is 4.30. The van der Waals surface area contributed by atoms with E-state index < -0.39 is 0 Å². The molecule has 0 heterocycles. The van der Waals surface area contributed by atoms with Gasteiger partial charge in [-0.25, -0.2) is 4.79 Å². The Morgan fingerprint density at radius 3 is 2.61 bits per heavy atom. The molecule has 2 aliphatic carbocycles. The van der Waals surface area contributed by atoms with Crippen molar-refractivity contribution in [3.63, 3.8) is 0 Å². The average Bonchev–Trinajstić information content (AvgIpc) is 2.87. The Bertz CT molecular complexity index is 555. The van der Waals surface area contributed by atoms with Crippen LogP contribution in [0, 0.1) is 25.7 Å². The Hall–Kier alpha value is -1.51. The molecule has 0 bridgehead atoms. The summed E-state index contributed by atoms with van der Waals surface area (Å²) in [6.45, 7) is 4.53. The van der Waals surface area contributed by atoms with E-state index in [0.29, 0.717) is 12.6 Å². The number of hydrogen-bond acceptors (Lipinski definition) is 2. The summed E-state index contributed by atoms with van der Waals surface area (Å²) in [4.78, 5) is 12.1. The van der Waals surface area contributed by atoms with Crippen molar-refractivity contribution in [2.45, 2.75) is 71.4 Å². The number of carbonyl (C=O) groups excluding carboxylic acids is 1. The Balaban J connectivity index is 1.47. The summed E-state index contributed by atoms with van der Waals surface area (Å²) >= 11 is 0. The van der Waals surface area contributed by atoms with Crippen LogP contribution in [0.2, 0.25) is 0 Å². The van der Waals surface area contributed by atoms with E-state index in [0.717, 1.165) is 30.2 Å². The monoisotopic (exact) mass is 315 g/mol. The first kappa shape index (κ1) is 16.4. The van der Waals surface area contributed by atoms with Crippen LogP contribution in [0.1, 0.15) is 61.6 Å². The largest absolute Gasteiger partial charge is 0.445 e. The van der Waals surface area contributed by atoms with Gasteiger partial charge in [0, 0.05) is 6.04 Å². The van der Waals surface area contributed by atoms with E-state index in [1.54, 1.807) is 0 Å². The van der Waals surface area contributed by atoms with E-state index in [9.17, 15) is 4.79 Å². The highest BCUT2D eigenvalue weighted by atomic mass is 16.5. The van der Waals surface area contributed by atoms with E-state index in [4.69, 9.17) is 4.74 Å². The summed E-state index contributed by atoms with van der Waals surface area (Å²) in [6.07, 6.45) is 8.69. The molecule has 23 heavy (non-hydrogen) atoms. The molecule has 1 N–H and O–H groups in total. The number of benzene rings is 1. The molecular formula is C20H29NO2. The number of fused-ring (bicyclic) bond motifs is 1. The van der Waals surface area contributed by atoms with Crippen LogP contribution in [0.5, 0.6) is 0 Å². The number of nitrogens with one attached hydrogen (secondary N) is 1. The van der Waals surface area contributed by atoms with Gasteiger partial charge < -0.3 is 10.1 Å². The topological polar surface area (TPSA) is 38.3 Å². The number of alkyl carbamates (subject to hydrolysis) is 1. The third kappa shape index (κ3) is 4.27. The van der Waals surface area contributed by atoms with E-state index in [2.05, 4.69) is 31.3 Å². The van der Waals surface area contributed by atoms with E-state index in [-0.39, 0.29) is 6.09 Å². The summed E-state index contributed by atoms with van der Waals surface area (Å²) in [5.41, 5.74) is 3.56. The third-order valence-corrected chi connectivity index (χ3v) is 5.79. The molecule has 3 rings (SSSR count). The molecule has 0 spiro atoms. The van der Waals surface area contributed by atoms with Gasteiger partial charge in [0.1, 0.15) is 6.61 Å². The number of rotatable bonds is 3. The van der Waals surface area contributed by atoms with Crippen molar-refractivity contribution in [3.8, 4) is 0 Å². The van der Waals surface area contributed by atoms with Gasteiger partial charge in [0.2, 0.25) is 0 Å². The van der Waals surface area contributed by atoms with Crippen LogP contribution in [0.3, 0.4) is 0 Å². The maximum atomic E-state index is 12.1. The van der Waals surface area contributed by atoms with Gasteiger partial charge in [-0.3, -0.25) is 0 Å². The lowest BCUT2D eigenvalue weighted by Crippen LogP contribution is -2.36. The summed E-state index contributed by atoms with van der Waals surface area (Å²) < 4.78 is 5.43. The normalized spacial score (nSPS) is 27.1. The highest BCUT2D eigenvalue weighted by Gasteiger charge is 2.32. The molecule has 3 heteroatoms. The van der Waals surface area contributed by atoms with E-state index in [1.807, 2.05) is 6.07 Å². The molecule has 3 unspecified atom stereocenters. The van der Waals surface area contributed by atoms with Gasteiger partial charge in [0.15, 0.2) is 0 Å². The first-order valence-corrected chi connectivity index (χ1v) is 9.11. The van der Waals surface area contributed by atoms with Crippen molar-refractivity contribution in [2.24, 2.45) is 11.8 Å². The summed E-state index contributed by atoms with van der Waals surface area (Å²) in [6, 6.07) is 6.51. The first-order chi connectivity index (χ1) is 11.1. The minimum atomic E-state index is -0.260. The van der Waals surface area contributed by atoms with Gasteiger partial charge in [-0.1, -0.05) is 50.3 Å². The SMILES string of the molecule is Cc1ccc(COC(=O)NC2CCCC3CCCC3C2)cc1C. The molecule has 2 fully saturated rings. The molecule has 2 aliphatic rings. The number of ether oxygens (including phenoxy) is 1. The maximum absolute atomic E-state index is 12.1. The number of aryl methyl sites for hydroxylation is 2. The van der Waals surface area contributed by atoms with E-state index >= 15 is 0 Å². The van der Waals surface area contributed by atoms with Crippen LogP contribution >= 0.6 is 0 Å². The second-order valence-corrected chi connectivity index (χ2v) is 7.45. The molecule has 126 valence electrons. The molecule has 3 atom stereocenters. The summed E-state index contributed by atoms with van der Waals surface area (Å²) in [5, 5.41) is 3.11. The van der Waals surface area contributed by atoms with Crippen LogP contribution in [0.15, 0.2) is 18.2 Å². The average molecular weight is 315 g/mol. The molecule has 1 aromatic carbocycles. The molecule has 0 aliphatic heterocycles. The zero-order chi connectivity index (χ0) is 16.2. The van der Waals surface area contributed by atoms with Gasteiger partial charge in [-0.05, 0) is 55.2 Å². The van der Waals surface area contributed by atoms with Crippen LogP contribution in [0.4, 0.5) is 4.79 Å². The highest BCUT2D eigenvalue weighted by molar-refractivity contribution is 5.67. The van der Waals surface area contributed by atoms with Crippen molar-refractivity contribution >= 4 is 6.09 Å². The standard InChI is InChI=1S/C20H29NO2/c1-14-9-10-16(11-15(14)2)13-23-20(22)21-19-8-4-6-17-5-3-7-18(17)12-19/h9-11,17-19H,3-8,12-13H2,1-2H3,(H,21,22). The molecular weight excluding hydrogens is 286 g/mol. The lowest BCUT2D eigenvalue weighted by Gasteiger charge is -2.21. The molecule has 3 nitrogen and oxygen atoms in total. The van der Waals surface area contributed by atoms with Gasteiger partial charge in [-0.2, -0.15) is 0 Å². The molecule has 0 saturated heterocycles. The smallest absolute Gasteiger partial charge is 0.407 e. The minimum Gasteiger partial charge on any atom is -0.445 e. The first-order valence-electron chi connectivity index (χ1n) is 9.11. The Morgan fingerprint density at radius 2 is 1.83 bits per heavy atom. The van der Waals surface area contributed by atoms with Crippen molar-refractivity contribution in [1.82, 2.24) is 5.32 Å². The Labute approximate surface area is 139 Å². The van der Waals surface area contributed by atoms with Crippen molar-refractivity contribution in [3.05, 3.63) is 34.9 Å². The van der Waals surface area contributed by atoms with Crippen LogP contribution in [0.25, 0.3) is 0 Å². The molecule has 2 saturated carbocycles. The van der Waals surface area contributed by atoms with Crippen molar-refractivity contribution < 1.29 is 9.53 Å². The van der Waals surface area contributed by atoms with Crippen molar-refractivity contribution in [1.29, 1.82) is 0 Å². The lowest BCUT2D eigenvalue weighted by molar-refractivity contribution is 0.133. The fraction of sp³-hybridized carbons (Fsp3) is 0.650. The van der Waals surface area contributed by atoms with Crippen LogP contribution < -0.4 is 5.32 Å². The molecule has 1 amide bonds. The molecule has 0 aromatic heterocycles. The highest BCUT2D eigenvalue weighted by Crippen LogP contribution is 2.40. The fourth-order valence-electron chi connectivity index (χ4n) is 4.30. The van der Waals surface area contributed by atoms with Gasteiger partial charge in [0.25, 0.3) is 0 Å². The lowest BCUT2D eigenvalue weighted by atomic mass is 9.91. The second-order valence-electron chi connectivity index (χ2n) is 7.45. The molecule has 1 aromatic rings. The zero-order valence-electron chi connectivity index (χ0n) is 14.4. The Morgan fingerprint density at radius 1 is 1.09 bits per heavy atom. The predicted molar refractivity (Wildman–Crippen MR) is 92.3 cm³/mol. The number of hydrogen-bond donors (Lipinski definition) is 1. The Kier molecular flexibility index (Phi) is 5.24. The number of amides is 1. The maximum Gasteiger partial charge on any atom is 0.407 e. The van der Waals surface area contributed by atoms with Crippen molar-refractivity contribution in [2.75, 3.05) is 0 Å². The van der Waals surface area contributed by atoms with Crippen LogP contribution in [-0.4, -0.2) is 12.1 Å². The summed E-state index contributed by atoms with van der Waals surface area (Å²) in [5.74, 6) is 1.73. The van der Waals surface area contributed by atoms with Crippen LogP contribution in [-0.2, 0) is 11.3 Å².